The summed E-state index contributed by atoms with van der Waals surface area (Å²) in [5, 5.41) is 16.0. The van der Waals surface area contributed by atoms with Gasteiger partial charge in [-0.25, -0.2) is 9.97 Å². The van der Waals surface area contributed by atoms with Gasteiger partial charge < -0.3 is 20.3 Å². The van der Waals surface area contributed by atoms with Crippen LogP contribution in [0.1, 0.15) is 29.5 Å². The van der Waals surface area contributed by atoms with Crippen molar-refractivity contribution in [1.82, 2.24) is 25.1 Å². The number of methoxy groups -OCH3 is 1. The summed E-state index contributed by atoms with van der Waals surface area (Å²) in [4.78, 5) is 26.6. The predicted molar refractivity (Wildman–Crippen MR) is 141 cm³/mol. The highest BCUT2D eigenvalue weighted by Gasteiger charge is 2.30. The second-order valence-electron chi connectivity index (χ2n) is 9.60. The molecule has 0 aliphatic carbocycles. The first kappa shape index (κ1) is 24.7. The molecule has 37 heavy (non-hydrogen) atoms. The van der Waals surface area contributed by atoms with Gasteiger partial charge in [-0.3, -0.25) is 9.69 Å². The van der Waals surface area contributed by atoms with Crippen LogP contribution in [0.25, 0.3) is 11.3 Å². The molecule has 190 valence electrons. The van der Waals surface area contributed by atoms with Crippen LogP contribution in [0.4, 0.5) is 11.6 Å². The highest BCUT2D eigenvalue weighted by Crippen LogP contribution is 2.28. The fourth-order valence-electron chi connectivity index (χ4n) is 5.09. The van der Waals surface area contributed by atoms with Crippen molar-refractivity contribution in [2.45, 2.75) is 32.0 Å². The molecule has 2 aromatic carbocycles. The fraction of sp³-hybridized carbons (Fsp3) is 0.357. The maximum Gasteiger partial charge on any atom is 0.237 e. The number of likely N-dealkylation sites (N-methyl/N-ethyl adjacent to an activating group) is 1. The van der Waals surface area contributed by atoms with Crippen molar-refractivity contribution in [1.29, 1.82) is 5.26 Å². The standard InChI is InChI=1S/C28H31N7O2/c1-34-11-9-30-27(36)25-4-3-10-35(25)17-20-12-19(16-29)13-23(14-20)32-28-31-8-7-24(33-28)21-5-6-26(37-2)22(15-21)18-34/h5-8,12-15,25H,3-4,9-11,17-18H2,1-2H3,(H,30,36)(H,31,32,33)/t25-/m0/s1. The summed E-state index contributed by atoms with van der Waals surface area (Å²) in [5.41, 5.74) is 5.02. The molecule has 1 atom stereocenters. The van der Waals surface area contributed by atoms with Crippen LogP contribution in [0.2, 0.25) is 0 Å². The van der Waals surface area contributed by atoms with Gasteiger partial charge in [0.2, 0.25) is 11.9 Å². The van der Waals surface area contributed by atoms with E-state index in [1.165, 1.54) is 0 Å². The number of amides is 1. The average Bonchev–Trinajstić information content (AvgIpc) is 3.36. The van der Waals surface area contributed by atoms with Gasteiger partial charge in [-0.05, 0) is 74.5 Å². The molecule has 0 spiro atoms. The van der Waals surface area contributed by atoms with E-state index in [4.69, 9.17) is 9.72 Å². The van der Waals surface area contributed by atoms with Gasteiger partial charge in [0.25, 0.3) is 0 Å². The summed E-state index contributed by atoms with van der Waals surface area (Å²) in [6.07, 6.45) is 3.53. The van der Waals surface area contributed by atoms with Gasteiger partial charge in [0, 0.05) is 49.2 Å². The molecule has 1 saturated heterocycles. The molecule has 5 rings (SSSR count). The first-order chi connectivity index (χ1) is 18.0. The number of aromatic nitrogens is 2. The van der Waals surface area contributed by atoms with E-state index >= 15 is 0 Å². The van der Waals surface area contributed by atoms with E-state index in [9.17, 15) is 10.1 Å². The molecule has 1 amide bonds. The minimum absolute atomic E-state index is 0.0580. The van der Waals surface area contributed by atoms with Gasteiger partial charge in [-0.1, -0.05) is 0 Å². The molecule has 9 nitrogen and oxygen atoms in total. The maximum absolute atomic E-state index is 13.1. The Kier molecular flexibility index (Phi) is 7.30. The van der Waals surface area contributed by atoms with E-state index < -0.39 is 0 Å². The summed E-state index contributed by atoms with van der Waals surface area (Å²) in [6.45, 7) is 3.38. The smallest absolute Gasteiger partial charge is 0.237 e. The Morgan fingerprint density at radius 1 is 1.14 bits per heavy atom. The lowest BCUT2D eigenvalue weighted by atomic mass is 10.1. The molecule has 2 aliphatic rings. The molecule has 3 aromatic rings. The zero-order chi connectivity index (χ0) is 25.8. The third-order valence-electron chi connectivity index (χ3n) is 6.89. The number of hydrogen-bond donors (Lipinski definition) is 2. The molecule has 2 aliphatic heterocycles. The summed E-state index contributed by atoms with van der Waals surface area (Å²) in [7, 11) is 3.71. The lowest BCUT2D eigenvalue weighted by Gasteiger charge is -2.25. The molecule has 2 N–H and O–H groups in total. The molecule has 1 fully saturated rings. The third kappa shape index (κ3) is 5.71. The van der Waals surface area contributed by atoms with Crippen molar-refractivity contribution in [2.75, 3.05) is 39.1 Å². The second-order valence-corrected chi connectivity index (χ2v) is 9.60. The van der Waals surface area contributed by atoms with Gasteiger partial charge in [0.05, 0.1) is 30.5 Å². The number of fused-ring (bicyclic) bond motifs is 8. The van der Waals surface area contributed by atoms with Crippen molar-refractivity contribution < 1.29 is 9.53 Å². The van der Waals surface area contributed by atoms with Crippen LogP contribution >= 0.6 is 0 Å². The Morgan fingerprint density at radius 3 is 2.86 bits per heavy atom. The maximum atomic E-state index is 13.1. The largest absolute Gasteiger partial charge is 0.496 e. The van der Waals surface area contributed by atoms with Crippen LogP contribution in [-0.2, 0) is 17.9 Å². The number of carbonyl (C=O) groups is 1. The average molecular weight is 498 g/mol. The first-order valence-corrected chi connectivity index (χ1v) is 12.5. The number of nitriles is 1. The zero-order valence-corrected chi connectivity index (χ0v) is 21.2. The molecule has 0 unspecified atom stereocenters. The van der Waals surface area contributed by atoms with Crippen LogP contribution < -0.4 is 15.4 Å². The number of carbonyl (C=O) groups excluding carboxylic acids is 1. The Morgan fingerprint density at radius 2 is 2.03 bits per heavy atom. The van der Waals surface area contributed by atoms with Gasteiger partial charge in [0.15, 0.2) is 0 Å². The van der Waals surface area contributed by atoms with Crippen molar-refractivity contribution >= 4 is 17.5 Å². The van der Waals surface area contributed by atoms with Gasteiger partial charge in [-0.15, -0.1) is 0 Å². The van der Waals surface area contributed by atoms with Crippen molar-refractivity contribution in [2.24, 2.45) is 0 Å². The molecule has 3 heterocycles. The third-order valence-corrected chi connectivity index (χ3v) is 6.89. The predicted octanol–water partition coefficient (Wildman–Crippen LogP) is 3.29. The number of nitrogens with zero attached hydrogens (tertiary/aromatic N) is 5. The lowest BCUT2D eigenvalue weighted by molar-refractivity contribution is -0.125. The number of nitrogens with one attached hydrogen (secondary N) is 2. The minimum Gasteiger partial charge on any atom is -0.496 e. The Bertz CT molecular complexity index is 1340. The summed E-state index contributed by atoms with van der Waals surface area (Å²) >= 11 is 0. The SMILES string of the molecule is COc1ccc2cc1CN(C)CCNC(=O)[C@@H]1CCCN1Cc1cc(C#N)cc(c1)Nc1nccc-2n1. The highest BCUT2D eigenvalue weighted by atomic mass is 16.5. The molecule has 9 heteroatoms. The Hall–Kier alpha value is -4.00. The summed E-state index contributed by atoms with van der Waals surface area (Å²) in [6, 6.07) is 15.6. The quantitative estimate of drug-likeness (QED) is 0.528. The fourth-order valence-corrected chi connectivity index (χ4v) is 5.09. The van der Waals surface area contributed by atoms with E-state index in [0.717, 1.165) is 53.2 Å². The summed E-state index contributed by atoms with van der Waals surface area (Å²) in [5.74, 6) is 1.31. The Balaban J connectivity index is 1.53. The van der Waals surface area contributed by atoms with Crippen LogP contribution in [0.3, 0.4) is 0 Å². The number of benzene rings is 2. The van der Waals surface area contributed by atoms with Crippen molar-refractivity contribution in [3.05, 3.63) is 65.4 Å². The molecule has 0 saturated carbocycles. The van der Waals surface area contributed by atoms with Crippen molar-refractivity contribution in [3.63, 3.8) is 0 Å². The van der Waals surface area contributed by atoms with Crippen LogP contribution in [-0.4, -0.2) is 65.5 Å². The number of anilines is 2. The van der Waals surface area contributed by atoms with E-state index in [1.54, 1.807) is 19.4 Å². The van der Waals surface area contributed by atoms with E-state index in [0.29, 0.717) is 37.7 Å². The van der Waals surface area contributed by atoms with Crippen LogP contribution in [0.15, 0.2) is 48.7 Å². The normalized spacial score (nSPS) is 18.8. The lowest BCUT2D eigenvalue weighted by Crippen LogP contribution is -2.44. The molecule has 6 bridgehead atoms. The molecular weight excluding hydrogens is 466 g/mol. The topological polar surface area (TPSA) is 106 Å². The Labute approximate surface area is 217 Å². The number of hydrogen-bond acceptors (Lipinski definition) is 8. The van der Waals surface area contributed by atoms with Crippen LogP contribution in [0, 0.1) is 11.3 Å². The number of rotatable bonds is 1. The zero-order valence-electron chi connectivity index (χ0n) is 21.2. The van der Waals surface area contributed by atoms with Gasteiger partial charge >= 0.3 is 0 Å². The van der Waals surface area contributed by atoms with E-state index in [-0.39, 0.29) is 11.9 Å². The molecule has 0 radical (unpaired) electrons. The van der Waals surface area contributed by atoms with Gasteiger partial charge in [0.1, 0.15) is 5.75 Å². The number of ether oxygens (including phenoxy) is 1. The minimum atomic E-state index is -0.175. The van der Waals surface area contributed by atoms with E-state index in [2.05, 4.69) is 37.6 Å². The second kappa shape index (κ2) is 10.9. The highest BCUT2D eigenvalue weighted by molar-refractivity contribution is 5.82. The first-order valence-electron chi connectivity index (χ1n) is 12.5. The molecular formula is C28H31N7O2. The van der Waals surface area contributed by atoms with Crippen LogP contribution in [0.5, 0.6) is 5.75 Å². The van der Waals surface area contributed by atoms with Gasteiger partial charge in [-0.2, -0.15) is 5.26 Å². The molecule has 1 aromatic heterocycles. The monoisotopic (exact) mass is 497 g/mol. The van der Waals surface area contributed by atoms with E-state index in [1.807, 2.05) is 37.4 Å². The van der Waals surface area contributed by atoms with Crippen molar-refractivity contribution in [3.8, 4) is 23.1 Å². The summed E-state index contributed by atoms with van der Waals surface area (Å²) < 4.78 is 5.62.